The molecule has 7 heteroatoms. The molecule has 1 aromatic carbocycles. The Labute approximate surface area is 97.4 Å². The van der Waals surface area contributed by atoms with Crippen molar-refractivity contribution in [3.63, 3.8) is 0 Å². The average Bonchev–Trinajstić information content (AvgIpc) is 2.27. The summed E-state index contributed by atoms with van der Waals surface area (Å²) in [7, 11) is -3.64. The zero-order chi connectivity index (χ0) is 13.3. The molecule has 0 aromatic heterocycles. The lowest BCUT2D eigenvalue weighted by atomic mass is 10.2. The second kappa shape index (κ2) is 4.66. The molecule has 0 aliphatic carbocycles. The van der Waals surface area contributed by atoms with Crippen LogP contribution in [0.3, 0.4) is 0 Å². The molecule has 0 saturated heterocycles. The van der Waals surface area contributed by atoms with Crippen LogP contribution in [-0.4, -0.2) is 20.2 Å². The summed E-state index contributed by atoms with van der Waals surface area (Å²) in [5.41, 5.74) is 4.36. The molecule has 96 valence electrons. The van der Waals surface area contributed by atoms with Crippen molar-refractivity contribution in [2.75, 3.05) is 6.54 Å². The van der Waals surface area contributed by atoms with Crippen molar-refractivity contribution >= 4 is 9.84 Å². The van der Waals surface area contributed by atoms with Gasteiger partial charge in [-0.05, 0) is 31.2 Å². The molecule has 0 aliphatic heterocycles. The predicted octanol–water partition coefficient (Wildman–Crippen LogP) is 1.83. The van der Waals surface area contributed by atoms with E-state index in [0.29, 0.717) is 0 Å². The maximum atomic E-state index is 12.3. The Kier molecular flexibility index (Phi) is 3.83. The third kappa shape index (κ3) is 2.98. The van der Waals surface area contributed by atoms with Crippen LogP contribution in [-0.2, 0) is 16.0 Å². The van der Waals surface area contributed by atoms with E-state index in [0.717, 1.165) is 24.3 Å². The van der Waals surface area contributed by atoms with Gasteiger partial charge in [0.15, 0.2) is 9.84 Å². The van der Waals surface area contributed by atoms with Gasteiger partial charge >= 0.3 is 6.18 Å². The van der Waals surface area contributed by atoms with Gasteiger partial charge in [-0.25, -0.2) is 8.42 Å². The third-order valence-corrected chi connectivity index (χ3v) is 4.55. The number of sulfone groups is 1. The number of hydrogen-bond acceptors (Lipinski definition) is 3. The van der Waals surface area contributed by atoms with Crippen LogP contribution in [0, 0.1) is 0 Å². The zero-order valence-corrected chi connectivity index (χ0v) is 9.85. The molecule has 2 N–H and O–H groups in total. The Bertz CT molecular complexity index is 479. The molecule has 0 heterocycles. The van der Waals surface area contributed by atoms with E-state index in [1.54, 1.807) is 0 Å². The summed E-state index contributed by atoms with van der Waals surface area (Å²) in [6, 6.07) is 3.39. The van der Waals surface area contributed by atoms with Crippen molar-refractivity contribution in [2.45, 2.75) is 23.2 Å². The molecule has 17 heavy (non-hydrogen) atoms. The van der Waals surface area contributed by atoms with E-state index >= 15 is 0 Å². The first kappa shape index (κ1) is 14.0. The van der Waals surface area contributed by atoms with E-state index in [2.05, 4.69) is 0 Å². The number of nitrogens with two attached hydrogens (primary N) is 1. The van der Waals surface area contributed by atoms with Gasteiger partial charge in [0.1, 0.15) is 0 Å². The Balaban J connectivity index is 3.12. The van der Waals surface area contributed by atoms with Gasteiger partial charge in [-0.3, -0.25) is 0 Å². The average molecular weight is 267 g/mol. The highest BCUT2D eigenvalue weighted by Crippen LogP contribution is 2.30. The minimum atomic E-state index is -4.47. The quantitative estimate of drug-likeness (QED) is 0.908. The van der Waals surface area contributed by atoms with Crippen molar-refractivity contribution in [2.24, 2.45) is 5.73 Å². The topological polar surface area (TPSA) is 60.2 Å². The summed E-state index contributed by atoms with van der Waals surface area (Å²) < 4.78 is 60.3. The maximum absolute atomic E-state index is 12.3. The molecule has 0 fully saturated rings. The highest BCUT2D eigenvalue weighted by atomic mass is 32.2. The van der Waals surface area contributed by atoms with Crippen LogP contribution in [0.4, 0.5) is 13.2 Å². The largest absolute Gasteiger partial charge is 0.416 e. The highest BCUT2D eigenvalue weighted by Gasteiger charge is 2.31. The molecular formula is C10H12F3NO2S. The monoisotopic (exact) mass is 267 g/mol. The molecule has 1 unspecified atom stereocenters. The van der Waals surface area contributed by atoms with E-state index in [-0.39, 0.29) is 11.4 Å². The summed E-state index contributed by atoms with van der Waals surface area (Å²) in [5.74, 6) is 0. The smallest absolute Gasteiger partial charge is 0.329 e. The van der Waals surface area contributed by atoms with Gasteiger partial charge in [0.25, 0.3) is 0 Å². The second-order valence-electron chi connectivity index (χ2n) is 3.61. The number of alkyl halides is 3. The van der Waals surface area contributed by atoms with Gasteiger partial charge in [0, 0.05) is 6.54 Å². The van der Waals surface area contributed by atoms with Crippen LogP contribution in [0.5, 0.6) is 0 Å². The Morgan fingerprint density at radius 2 is 1.71 bits per heavy atom. The van der Waals surface area contributed by atoms with E-state index < -0.39 is 26.8 Å². The first-order chi connectivity index (χ1) is 7.69. The van der Waals surface area contributed by atoms with Crippen LogP contribution >= 0.6 is 0 Å². The third-order valence-electron chi connectivity index (χ3n) is 2.37. The molecule has 0 spiro atoms. The number of halogens is 3. The lowest BCUT2D eigenvalue weighted by Gasteiger charge is -2.11. The summed E-state index contributed by atoms with van der Waals surface area (Å²) in [4.78, 5) is -0.150. The van der Waals surface area contributed by atoms with Gasteiger partial charge in [-0.1, -0.05) is 0 Å². The molecule has 0 aliphatic rings. The molecule has 0 radical (unpaired) electrons. The first-order valence-corrected chi connectivity index (χ1v) is 6.35. The fourth-order valence-electron chi connectivity index (χ4n) is 1.19. The van der Waals surface area contributed by atoms with Crippen LogP contribution in [0.15, 0.2) is 29.2 Å². The van der Waals surface area contributed by atoms with Gasteiger partial charge < -0.3 is 5.73 Å². The molecule has 1 aromatic rings. The summed E-state index contributed by atoms with van der Waals surface area (Å²) in [5, 5.41) is -0.820. The van der Waals surface area contributed by atoms with Crippen molar-refractivity contribution in [3.8, 4) is 0 Å². The van der Waals surface area contributed by atoms with Crippen molar-refractivity contribution < 1.29 is 21.6 Å². The number of hydrogen-bond donors (Lipinski definition) is 1. The fourth-order valence-corrected chi connectivity index (χ4v) is 2.43. The summed E-state index contributed by atoms with van der Waals surface area (Å²) in [6.45, 7) is 1.33. The molecule has 0 saturated carbocycles. The lowest BCUT2D eigenvalue weighted by Crippen LogP contribution is -2.26. The van der Waals surface area contributed by atoms with E-state index in [4.69, 9.17) is 5.73 Å². The van der Waals surface area contributed by atoms with Gasteiger partial charge in [0.05, 0.1) is 15.7 Å². The molecule has 3 nitrogen and oxygen atoms in total. The Hall–Kier alpha value is -1.08. The molecule has 1 atom stereocenters. The van der Waals surface area contributed by atoms with Gasteiger partial charge in [0.2, 0.25) is 0 Å². The molecule has 0 amide bonds. The van der Waals surface area contributed by atoms with E-state index in [1.165, 1.54) is 6.92 Å². The van der Waals surface area contributed by atoms with Gasteiger partial charge in [-0.15, -0.1) is 0 Å². The minimum absolute atomic E-state index is 0.0800. The summed E-state index contributed by atoms with van der Waals surface area (Å²) >= 11 is 0. The Morgan fingerprint density at radius 1 is 1.24 bits per heavy atom. The SMILES string of the molecule is CC(CN)S(=O)(=O)c1ccc(C(F)(F)F)cc1. The highest BCUT2D eigenvalue weighted by molar-refractivity contribution is 7.92. The normalized spacial score (nSPS) is 14.6. The van der Waals surface area contributed by atoms with Crippen LogP contribution in [0.1, 0.15) is 12.5 Å². The van der Waals surface area contributed by atoms with Crippen molar-refractivity contribution in [1.82, 2.24) is 0 Å². The number of benzene rings is 1. The van der Waals surface area contributed by atoms with Crippen LogP contribution < -0.4 is 5.73 Å². The maximum Gasteiger partial charge on any atom is 0.416 e. The van der Waals surface area contributed by atoms with E-state index in [1.807, 2.05) is 0 Å². The number of rotatable bonds is 3. The Morgan fingerprint density at radius 3 is 2.06 bits per heavy atom. The van der Waals surface area contributed by atoms with Crippen molar-refractivity contribution in [1.29, 1.82) is 0 Å². The van der Waals surface area contributed by atoms with Crippen molar-refractivity contribution in [3.05, 3.63) is 29.8 Å². The molecule has 1 rings (SSSR count). The second-order valence-corrected chi connectivity index (χ2v) is 5.98. The standard InChI is InChI=1S/C10H12F3NO2S/c1-7(6-14)17(15,16)9-4-2-8(3-5-9)10(11,12)13/h2-5,7H,6,14H2,1H3. The predicted molar refractivity (Wildman–Crippen MR) is 57.1 cm³/mol. The van der Waals surface area contributed by atoms with E-state index in [9.17, 15) is 21.6 Å². The van der Waals surface area contributed by atoms with Crippen LogP contribution in [0.2, 0.25) is 0 Å². The zero-order valence-electron chi connectivity index (χ0n) is 9.03. The lowest BCUT2D eigenvalue weighted by molar-refractivity contribution is -0.137. The minimum Gasteiger partial charge on any atom is -0.329 e. The summed E-state index contributed by atoms with van der Waals surface area (Å²) in [6.07, 6.45) is -4.47. The van der Waals surface area contributed by atoms with Gasteiger partial charge in [-0.2, -0.15) is 13.2 Å². The fraction of sp³-hybridized carbons (Fsp3) is 0.400. The molecular weight excluding hydrogens is 255 g/mol. The first-order valence-electron chi connectivity index (χ1n) is 4.81. The molecule has 0 bridgehead atoms. The van der Waals surface area contributed by atoms with Crippen LogP contribution in [0.25, 0.3) is 0 Å².